The Balaban J connectivity index is 2.06. The summed E-state index contributed by atoms with van der Waals surface area (Å²) in [5.41, 5.74) is 4.83. The molecule has 0 aliphatic heterocycles. The molecule has 0 radical (unpaired) electrons. The molecule has 0 saturated carbocycles. The third-order valence-corrected chi connectivity index (χ3v) is 3.05. The van der Waals surface area contributed by atoms with E-state index in [-0.39, 0.29) is 0 Å². The summed E-state index contributed by atoms with van der Waals surface area (Å²) in [7, 11) is 0. The van der Waals surface area contributed by atoms with Crippen molar-refractivity contribution < 1.29 is 4.74 Å². The van der Waals surface area contributed by atoms with Crippen LogP contribution in [0.15, 0.2) is 55.1 Å². The summed E-state index contributed by atoms with van der Waals surface area (Å²) in [4.78, 5) is 0. The lowest BCUT2D eigenvalue weighted by Gasteiger charge is -2.06. The molecule has 0 amide bonds. The van der Waals surface area contributed by atoms with E-state index in [1.807, 2.05) is 6.08 Å². The topological polar surface area (TPSA) is 9.23 Å². The lowest BCUT2D eigenvalue weighted by molar-refractivity contribution is 0.121. The molecule has 0 spiro atoms. The van der Waals surface area contributed by atoms with Crippen LogP contribution in [0.4, 0.5) is 0 Å². The molecule has 0 aromatic heterocycles. The summed E-state index contributed by atoms with van der Waals surface area (Å²) in [6.07, 6.45) is 2.92. The Morgan fingerprint density at radius 2 is 1.53 bits per heavy atom. The summed E-state index contributed by atoms with van der Waals surface area (Å²) >= 11 is 0. The van der Waals surface area contributed by atoms with Crippen LogP contribution in [0, 0.1) is 0 Å². The Labute approximate surface area is 115 Å². The molecular formula is C18H20O. The highest BCUT2D eigenvalue weighted by atomic mass is 16.5. The van der Waals surface area contributed by atoms with Crippen LogP contribution in [0.3, 0.4) is 0 Å². The van der Waals surface area contributed by atoms with Crippen molar-refractivity contribution in [2.45, 2.75) is 20.0 Å². The maximum absolute atomic E-state index is 5.53. The van der Waals surface area contributed by atoms with Crippen LogP contribution >= 0.6 is 0 Å². The second-order valence-corrected chi connectivity index (χ2v) is 4.58. The first-order chi connectivity index (χ1) is 9.33. The fraction of sp³-hybridized carbons (Fsp3) is 0.222. The first-order valence-electron chi connectivity index (χ1n) is 6.73. The predicted molar refractivity (Wildman–Crippen MR) is 81.9 cm³/mol. The Morgan fingerprint density at radius 1 is 0.947 bits per heavy atom. The van der Waals surface area contributed by atoms with Gasteiger partial charge in [-0.3, -0.25) is 0 Å². The van der Waals surface area contributed by atoms with Gasteiger partial charge in [0.25, 0.3) is 0 Å². The zero-order chi connectivity index (χ0) is 13.5. The summed E-state index contributed by atoms with van der Waals surface area (Å²) in [5.74, 6) is 0. The molecule has 0 N–H and O–H groups in total. The van der Waals surface area contributed by atoms with E-state index in [9.17, 15) is 0 Å². The maximum atomic E-state index is 5.53. The predicted octanol–water partition coefficient (Wildman–Crippen LogP) is 4.92. The van der Waals surface area contributed by atoms with Crippen molar-refractivity contribution >= 4 is 6.08 Å². The zero-order valence-electron chi connectivity index (χ0n) is 11.4. The Kier molecular flexibility index (Phi) is 4.93. The van der Waals surface area contributed by atoms with E-state index in [2.05, 4.69) is 62.0 Å². The van der Waals surface area contributed by atoms with Crippen LogP contribution in [0.25, 0.3) is 17.2 Å². The van der Waals surface area contributed by atoms with Gasteiger partial charge in [0.2, 0.25) is 0 Å². The minimum absolute atomic E-state index is 0.698. The molecule has 98 valence electrons. The molecule has 0 atom stereocenters. The monoisotopic (exact) mass is 252 g/mol. The van der Waals surface area contributed by atoms with Gasteiger partial charge in [-0.05, 0) is 28.7 Å². The summed E-state index contributed by atoms with van der Waals surface area (Å²) < 4.78 is 5.53. The molecule has 0 saturated heterocycles. The Morgan fingerprint density at radius 3 is 2.05 bits per heavy atom. The minimum atomic E-state index is 0.698. The minimum Gasteiger partial charge on any atom is -0.377 e. The standard InChI is InChI=1S/C18H20O/c1-3-13-19-14-16-7-11-18(12-8-16)17-9-5-15(4-2)6-10-17/h4-12H,2-3,13-14H2,1H3. The molecular weight excluding hydrogens is 232 g/mol. The van der Waals surface area contributed by atoms with Gasteiger partial charge >= 0.3 is 0 Å². The summed E-state index contributed by atoms with van der Waals surface area (Å²) in [5, 5.41) is 0. The fourth-order valence-corrected chi connectivity index (χ4v) is 1.94. The lowest BCUT2D eigenvalue weighted by Crippen LogP contribution is -1.93. The van der Waals surface area contributed by atoms with Crippen molar-refractivity contribution in [2.75, 3.05) is 6.61 Å². The SMILES string of the molecule is C=Cc1ccc(-c2ccc(COCCC)cc2)cc1. The molecule has 0 bridgehead atoms. The van der Waals surface area contributed by atoms with Crippen LogP contribution in [0.2, 0.25) is 0 Å². The molecule has 0 aliphatic carbocycles. The van der Waals surface area contributed by atoms with Gasteiger partial charge in [-0.15, -0.1) is 0 Å². The van der Waals surface area contributed by atoms with Crippen molar-refractivity contribution in [2.24, 2.45) is 0 Å². The van der Waals surface area contributed by atoms with Crippen molar-refractivity contribution in [3.05, 3.63) is 66.2 Å². The zero-order valence-corrected chi connectivity index (χ0v) is 11.4. The average Bonchev–Trinajstić information content (AvgIpc) is 2.48. The van der Waals surface area contributed by atoms with E-state index in [4.69, 9.17) is 4.74 Å². The highest BCUT2D eigenvalue weighted by molar-refractivity contribution is 5.65. The molecule has 19 heavy (non-hydrogen) atoms. The van der Waals surface area contributed by atoms with E-state index < -0.39 is 0 Å². The van der Waals surface area contributed by atoms with Crippen molar-refractivity contribution in [3.8, 4) is 11.1 Å². The van der Waals surface area contributed by atoms with Gasteiger partial charge < -0.3 is 4.74 Å². The molecule has 0 heterocycles. The number of hydrogen-bond acceptors (Lipinski definition) is 1. The van der Waals surface area contributed by atoms with Crippen molar-refractivity contribution in [1.29, 1.82) is 0 Å². The van der Waals surface area contributed by atoms with Gasteiger partial charge in [0.05, 0.1) is 6.61 Å². The molecule has 0 fully saturated rings. The number of hydrogen-bond donors (Lipinski definition) is 0. The molecule has 1 heteroatoms. The normalized spacial score (nSPS) is 10.4. The molecule has 1 nitrogen and oxygen atoms in total. The lowest BCUT2D eigenvalue weighted by atomic mass is 10.0. The Hall–Kier alpha value is -1.86. The van der Waals surface area contributed by atoms with E-state index in [1.54, 1.807) is 0 Å². The smallest absolute Gasteiger partial charge is 0.0716 e. The maximum Gasteiger partial charge on any atom is 0.0716 e. The van der Waals surface area contributed by atoms with Gasteiger partial charge in [0.15, 0.2) is 0 Å². The first kappa shape index (κ1) is 13.6. The van der Waals surface area contributed by atoms with Crippen molar-refractivity contribution in [1.82, 2.24) is 0 Å². The van der Waals surface area contributed by atoms with E-state index in [0.717, 1.165) is 18.6 Å². The van der Waals surface area contributed by atoms with Gasteiger partial charge in [0.1, 0.15) is 0 Å². The summed E-state index contributed by atoms with van der Waals surface area (Å²) in [6.45, 7) is 7.41. The van der Waals surface area contributed by atoms with Crippen LogP contribution in [0.5, 0.6) is 0 Å². The highest BCUT2D eigenvalue weighted by Gasteiger charge is 1.98. The highest BCUT2D eigenvalue weighted by Crippen LogP contribution is 2.21. The summed E-state index contributed by atoms with van der Waals surface area (Å²) in [6, 6.07) is 17.0. The van der Waals surface area contributed by atoms with Crippen molar-refractivity contribution in [3.63, 3.8) is 0 Å². The van der Waals surface area contributed by atoms with Crippen LogP contribution in [-0.4, -0.2) is 6.61 Å². The van der Waals surface area contributed by atoms with Gasteiger partial charge in [-0.1, -0.05) is 68.1 Å². The second kappa shape index (κ2) is 6.91. The number of benzene rings is 2. The average molecular weight is 252 g/mol. The van der Waals surface area contributed by atoms with Crippen LogP contribution in [0.1, 0.15) is 24.5 Å². The van der Waals surface area contributed by atoms with Gasteiger partial charge in [0, 0.05) is 6.61 Å². The fourth-order valence-electron chi connectivity index (χ4n) is 1.94. The molecule has 0 unspecified atom stereocenters. The number of ether oxygens (including phenoxy) is 1. The van der Waals surface area contributed by atoms with Crippen LogP contribution < -0.4 is 0 Å². The largest absolute Gasteiger partial charge is 0.377 e. The van der Waals surface area contributed by atoms with Crippen LogP contribution in [-0.2, 0) is 11.3 Å². The Bertz CT molecular complexity index is 508. The second-order valence-electron chi connectivity index (χ2n) is 4.58. The van der Waals surface area contributed by atoms with E-state index in [0.29, 0.717) is 6.61 Å². The van der Waals surface area contributed by atoms with E-state index >= 15 is 0 Å². The third-order valence-electron chi connectivity index (χ3n) is 3.05. The quantitative estimate of drug-likeness (QED) is 0.663. The molecule has 2 rings (SSSR count). The van der Waals surface area contributed by atoms with Gasteiger partial charge in [-0.25, -0.2) is 0 Å². The number of rotatable bonds is 6. The molecule has 2 aromatic rings. The molecule has 2 aromatic carbocycles. The third kappa shape index (κ3) is 3.80. The van der Waals surface area contributed by atoms with Gasteiger partial charge in [-0.2, -0.15) is 0 Å². The van der Waals surface area contributed by atoms with E-state index in [1.165, 1.54) is 16.7 Å². The first-order valence-corrected chi connectivity index (χ1v) is 6.73. The molecule has 0 aliphatic rings.